The molecule has 3 aromatic rings. The van der Waals surface area contributed by atoms with Crippen LogP contribution in [0.4, 0.5) is 0 Å². The zero-order valence-corrected chi connectivity index (χ0v) is 17.3. The van der Waals surface area contributed by atoms with E-state index in [2.05, 4.69) is 27.3 Å². The van der Waals surface area contributed by atoms with Crippen molar-refractivity contribution in [2.75, 3.05) is 32.8 Å². The maximum atomic E-state index is 12.7. The van der Waals surface area contributed by atoms with Gasteiger partial charge in [0.2, 0.25) is 0 Å². The number of furan rings is 1. The van der Waals surface area contributed by atoms with E-state index >= 15 is 0 Å². The SMILES string of the molecule is Cc1ccc([C@H](CNC(=O)c2csc(Cc3ccccc3)n2)N2CCOCC2)o1. The van der Waals surface area contributed by atoms with Crippen LogP contribution in [-0.4, -0.2) is 48.6 Å². The molecule has 29 heavy (non-hydrogen) atoms. The van der Waals surface area contributed by atoms with Gasteiger partial charge in [-0.3, -0.25) is 9.69 Å². The zero-order chi connectivity index (χ0) is 20.1. The third-order valence-electron chi connectivity index (χ3n) is 5.01. The first kappa shape index (κ1) is 19.8. The highest BCUT2D eigenvalue weighted by Crippen LogP contribution is 2.23. The van der Waals surface area contributed by atoms with Crippen LogP contribution in [0.3, 0.4) is 0 Å². The van der Waals surface area contributed by atoms with Crippen LogP contribution in [0.5, 0.6) is 0 Å². The Kier molecular flexibility index (Phi) is 6.39. The standard InChI is InChI=1S/C22H25N3O3S/c1-16-7-8-20(28-16)19(25-9-11-27-12-10-25)14-23-22(26)18-15-29-21(24-18)13-17-5-3-2-4-6-17/h2-8,15,19H,9-14H2,1H3,(H,23,26)/t19-/m0/s1. The Morgan fingerprint density at radius 2 is 2.00 bits per heavy atom. The van der Waals surface area contributed by atoms with Crippen LogP contribution in [0.2, 0.25) is 0 Å². The number of aromatic nitrogens is 1. The van der Waals surface area contributed by atoms with Gasteiger partial charge < -0.3 is 14.5 Å². The molecule has 0 aliphatic carbocycles. The lowest BCUT2D eigenvalue weighted by molar-refractivity contribution is 0.0117. The van der Waals surface area contributed by atoms with Crippen LogP contribution < -0.4 is 5.32 Å². The van der Waals surface area contributed by atoms with Crippen LogP contribution in [0.15, 0.2) is 52.3 Å². The van der Waals surface area contributed by atoms with Crippen LogP contribution in [0.25, 0.3) is 0 Å². The number of benzene rings is 1. The fraction of sp³-hybridized carbons (Fsp3) is 0.364. The molecule has 0 radical (unpaired) electrons. The van der Waals surface area contributed by atoms with Crippen LogP contribution >= 0.6 is 11.3 Å². The Morgan fingerprint density at radius 1 is 1.21 bits per heavy atom. The van der Waals surface area contributed by atoms with Crippen LogP contribution in [0, 0.1) is 6.92 Å². The Labute approximate surface area is 174 Å². The number of rotatable bonds is 7. The summed E-state index contributed by atoms with van der Waals surface area (Å²) >= 11 is 1.52. The molecule has 1 aromatic carbocycles. The number of morpholine rings is 1. The summed E-state index contributed by atoms with van der Waals surface area (Å²) in [4.78, 5) is 19.5. The van der Waals surface area contributed by atoms with E-state index in [9.17, 15) is 4.79 Å². The summed E-state index contributed by atoms with van der Waals surface area (Å²) < 4.78 is 11.3. The lowest BCUT2D eigenvalue weighted by Crippen LogP contribution is -2.43. The van der Waals surface area contributed by atoms with Crippen molar-refractivity contribution in [3.8, 4) is 0 Å². The highest BCUT2D eigenvalue weighted by atomic mass is 32.1. The third kappa shape index (κ3) is 5.12. The number of hydrogen-bond donors (Lipinski definition) is 1. The Morgan fingerprint density at radius 3 is 2.72 bits per heavy atom. The Bertz CT molecular complexity index is 932. The molecular weight excluding hydrogens is 386 g/mol. The van der Waals surface area contributed by atoms with Crippen LogP contribution in [0.1, 0.15) is 38.6 Å². The van der Waals surface area contributed by atoms with E-state index in [1.165, 1.54) is 16.9 Å². The Balaban J connectivity index is 1.40. The molecule has 7 heteroatoms. The largest absolute Gasteiger partial charge is 0.465 e. The molecule has 0 saturated carbocycles. The monoisotopic (exact) mass is 411 g/mol. The lowest BCUT2D eigenvalue weighted by Gasteiger charge is -2.33. The second-order valence-corrected chi connectivity index (χ2v) is 8.05. The predicted molar refractivity (Wildman–Crippen MR) is 112 cm³/mol. The van der Waals surface area contributed by atoms with Gasteiger partial charge in [0, 0.05) is 31.4 Å². The number of carbonyl (C=O) groups is 1. The van der Waals surface area contributed by atoms with E-state index < -0.39 is 0 Å². The van der Waals surface area contributed by atoms with Gasteiger partial charge in [0.25, 0.3) is 5.91 Å². The molecule has 0 unspecified atom stereocenters. The summed E-state index contributed by atoms with van der Waals surface area (Å²) in [6.45, 7) is 5.42. The number of nitrogens with one attached hydrogen (secondary N) is 1. The highest BCUT2D eigenvalue weighted by Gasteiger charge is 2.26. The van der Waals surface area contributed by atoms with Crippen molar-refractivity contribution in [1.82, 2.24) is 15.2 Å². The number of thiazole rings is 1. The fourth-order valence-electron chi connectivity index (χ4n) is 3.48. The molecule has 1 fully saturated rings. The minimum atomic E-state index is -0.151. The zero-order valence-electron chi connectivity index (χ0n) is 16.5. The fourth-order valence-corrected chi connectivity index (χ4v) is 4.29. The van der Waals surface area contributed by atoms with Crippen molar-refractivity contribution in [2.45, 2.75) is 19.4 Å². The minimum Gasteiger partial charge on any atom is -0.465 e. The van der Waals surface area contributed by atoms with E-state index in [1.54, 1.807) is 0 Å². The topological polar surface area (TPSA) is 67.6 Å². The molecule has 0 bridgehead atoms. The summed E-state index contributed by atoms with van der Waals surface area (Å²) in [7, 11) is 0. The van der Waals surface area contributed by atoms with Gasteiger partial charge in [-0.2, -0.15) is 0 Å². The molecule has 1 amide bonds. The molecule has 1 aliphatic rings. The first-order valence-corrected chi connectivity index (χ1v) is 10.7. The van der Waals surface area contributed by atoms with Gasteiger partial charge in [-0.25, -0.2) is 4.98 Å². The molecule has 4 rings (SSSR count). The van der Waals surface area contributed by atoms with Gasteiger partial charge in [-0.15, -0.1) is 11.3 Å². The summed E-state index contributed by atoms with van der Waals surface area (Å²) in [5.74, 6) is 1.59. The van der Waals surface area contributed by atoms with Crippen molar-refractivity contribution in [3.05, 3.63) is 75.6 Å². The van der Waals surface area contributed by atoms with Crippen molar-refractivity contribution in [2.24, 2.45) is 0 Å². The Hall–Kier alpha value is -2.48. The van der Waals surface area contributed by atoms with Gasteiger partial charge >= 0.3 is 0 Å². The maximum absolute atomic E-state index is 12.7. The minimum absolute atomic E-state index is 0.0148. The summed E-state index contributed by atoms with van der Waals surface area (Å²) in [5, 5.41) is 5.81. The number of carbonyl (C=O) groups excluding carboxylic acids is 1. The molecule has 6 nitrogen and oxygen atoms in total. The maximum Gasteiger partial charge on any atom is 0.270 e. The second kappa shape index (κ2) is 9.35. The van der Waals surface area contributed by atoms with Gasteiger partial charge in [-0.05, 0) is 24.6 Å². The second-order valence-electron chi connectivity index (χ2n) is 7.11. The average molecular weight is 412 g/mol. The van der Waals surface area contributed by atoms with Gasteiger partial charge in [0.15, 0.2) is 0 Å². The van der Waals surface area contributed by atoms with Gasteiger partial charge in [0.1, 0.15) is 17.2 Å². The molecule has 2 aromatic heterocycles. The molecule has 1 saturated heterocycles. The number of ether oxygens (including phenoxy) is 1. The average Bonchev–Trinajstić information content (AvgIpc) is 3.39. The van der Waals surface area contributed by atoms with E-state index in [-0.39, 0.29) is 11.9 Å². The first-order chi connectivity index (χ1) is 14.2. The molecule has 0 spiro atoms. The number of hydrogen-bond acceptors (Lipinski definition) is 6. The van der Waals surface area contributed by atoms with E-state index in [0.29, 0.717) is 25.5 Å². The van der Waals surface area contributed by atoms with E-state index in [1.807, 2.05) is 42.6 Å². The summed E-state index contributed by atoms with van der Waals surface area (Å²) in [5.41, 5.74) is 1.66. The summed E-state index contributed by atoms with van der Waals surface area (Å²) in [6.07, 6.45) is 0.737. The molecule has 1 N–H and O–H groups in total. The molecular formula is C22H25N3O3S. The van der Waals surface area contributed by atoms with Gasteiger partial charge in [-0.1, -0.05) is 30.3 Å². The number of amides is 1. The van der Waals surface area contributed by atoms with Crippen molar-refractivity contribution < 1.29 is 13.9 Å². The molecule has 152 valence electrons. The normalized spacial score (nSPS) is 15.9. The number of aryl methyl sites for hydroxylation is 1. The molecule has 3 heterocycles. The highest BCUT2D eigenvalue weighted by molar-refractivity contribution is 7.09. The lowest BCUT2D eigenvalue weighted by atomic mass is 10.1. The molecule has 1 aliphatic heterocycles. The van der Waals surface area contributed by atoms with E-state index in [4.69, 9.17) is 9.15 Å². The number of nitrogens with zero attached hydrogens (tertiary/aromatic N) is 2. The first-order valence-electron chi connectivity index (χ1n) is 9.84. The quantitative estimate of drug-likeness (QED) is 0.645. The predicted octanol–water partition coefficient (Wildman–Crippen LogP) is 3.44. The summed E-state index contributed by atoms with van der Waals surface area (Å²) in [6, 6.07) is 14.1. The third-order valence-corrected chi connectivity index (χ3v) is 5.86. The smallest absolute Gasteiger partial charge is 0.270 e. The van der Waals surface area contributed by atoms with E-state index in [0.717, 1.165) is 36.0 Å². The van der Waals surface area contributed by atoms with Crippen molar-refractivity contribution in [1.29, 1.82) is 0 Å². The van der Waals surface area contributed by atoms with Gasteiger partial charge in [0.05, 0.1) is 24.3 Å². The van der Waals surface area contributed by atoms with Crippen molar-refractivity contribution in [3.63, 3.8) is 0 Å². The van der Waals surface area contributed by atoms with Crippen molar-refractivity contribution >= 4 is 17.2 Å². The molecule has 1 atom stereocenters. The van der Waals surface area contributed by atoms with Crippen LogP contribution in [-0.2, 0) is 11.2 Å².